The molecule has 16 nitrogen and oxygen atoms in total. The molecule has 9 atom stereocenters. The summed E-state index contributed by atoms with van der Waals surface area (Å²) in [6.07, 6.45) is -1.70. The van der Waals surface area contributed by atoms with Crippen LogP contribution in [0.2, 0.25) is 0 Å². The molecule has 4 unspecified atom stereocenters. The summed E-state index contributed by atoms with van der Waals surface area (Å²) >= 11 is 0. The zero-order chi connectivity index (χ0) is 28.3. The topological polar surface area (TPSA) is 192 Å². The van der Waals surface area contributed by atoms with Gasteiger partial charge < -0.3 is 19.9 Å². The van der Waals surface area contributed by atoms with Crippen LogP contribution >= 0.6 is 15.5 Å². The summed E-state index contributed by atoms with van der Waals surface area (Å²) in [6.45, 7) is 5.27. The van der Waals surface area contributed by atoms with Crippen LogP contribution in [0.25, 0.3) is 11.2 Å². The zero-order valence-electron chi connectivity index (χ0n) is 22.1. The molecule has 2 aromatic heterocycles. The van der Waals surface area contributed by atoms with E-state index in [-0.39, 0.29) is 50.7 Å². The van der Waals surface area contributed by atoms with Crippen LogP contribution in [0.5, 0.6) is 5.88 Å². The first-order chi connectivity index (χ1) is 19.0. The average Bonchev–Trinajstić information content (AvgIpc) is 3.55. The summed E-state index contributed by atoms with van der Waals surface area (Å²) in [5.41, 5.74) is 4.98. The van der Waals surface area contributed by atoms with Gasteiger partial charge in [-0.05, 0) is 13.8 Å². The van der Waals surface area contributed by atoms with E-state index in [1.807, 2.05) is 13.8 Å². The minimum Gasteiger partial charge on any atom is -0.476 e. The third-order valence-corrected chi connectivity index (χ3v) is 10.4. The second-order valence-electron chi connectivity index (χ2n) is 10.2. The van der Waals surface area contributed by atoms with E-state index in [4.69, 9.17) is 38.0 Å². The molecule has 0 bridgehead atoms. The van der Waals surface area contributed by atoms with Gasteiger partial charge in [-0.3, -0.25) is 22.7 Å². The van der Waals surface area contributed by atoms with Gasteiger partial charge in [0.15, 0.2) is 16.8 Å². The highest BCUT2D eigenvalue weighted by molar-refractivity contribution is 7.52. The van der Waals surface area contributed by atoms with Crippen molar-refractivity contribution in [3.8, 4) is 5.88 Å². The second kappa shape index (κ2) is 10.5. The van der Waals surface area contributed by atoms with E-state index >= 15 is 0 Å². The van der Waals surface area contributed by atoms with Crippen LogP contribution < -0.4 is 20.6 Å². The van der Waals surface area contributed by atoms with E-state index in [1.165, 1.54) is 6.92 Å². The second-order valence-corrected chi connectivity index (χ2v) is 13.8. The molecule has 0 amide bonds. The Hall–Kier alpha value is -1.78. The summed E-state index contributed by atoms with van der Waals surface area (Å²) in [7, 11) is -7.53. The van der Waals surface area contributed by atoms with Crippen LogP contribution in [0.15, 0.2) is 6.33 Å². The maximum Gasteiger partial charge on any atom is 0.406 e. The van der Waals surface area contributed by atoms with Gasteiger partial charge in [-0.15, -0.1) is 0 Å². The van der Waals surface area contributed by atoms with Crippen LogP contribution in [0.1, 0.15) is 27.0 Å². The predicted octanol–water partition coefficient (Wildman–Crippen LogP) is 1.69. The number of fused-ring (bicyclic) bond motifs is 3. The lowest BCUT2D eigenvalue weighted by atomic mass is 10.0. The van der Waals surface area contributed by atoms with Crippen LogP contribution in [0, 0.1) is 5.92 Å². The number of hydrogen-bond donors (Lipinski definition) is 3. The number of nitrogens with two attached hydrogens (primary N) is 1. The van der Waals surface area contributed by atoms with E-state index in [0.29, 0.717) is 17.8 Å². The Morgan fingerprint density at radius 3 is 2.60 bits per heavy atom. The number of alkyl halides is 1. The lowest BCUT2D eigenvalue weighted by Crippen LogP contribution is -2.45. The molecule has 4 saturated heterocycles. The Labute approximate surface area is 228 Å². The third kappa shape index (κ3) is 5.17. The van der Waals surface area contributed by atoms with Gasteiger partial charge in [0.2, 0.25) is 11.8 Å². The normalized spacial score (nSPS) is 41.2. The maximum atomic E-state index is 14.6. The van der Waals surface area contributed by atoms with Gasteiger partial charge in [-0.1, -0.05) is 6.92 Å². The molecule has 6 rings (SSSR count). The van der Waals surface area contributed by atoms with Crippen molar-refractivity contribution in [2.45, 2.75) is 57.1 Å². The Morgan fingerprint density at radius 2 is 1.88 bits per heavy atom. The molecule has 19 heteroatoms. The molecular weight excluding hydrogens is 575 g/mol. The molecule has 0 saturated carbocycles. The fourth-order valence-electron chi connectivity index (χ4n) is 5.23. The van der Waals surface area contributed by atoms with Crippen molar-refractivity contribution in [3.63, 3.8) is 0 Å². The lowest BCUT2D eigenvalue weighted by Gasteiger charge is -2.34. The number of halogens is 1. The smallest absolute Gasteiger partial charge is 0.406 e. The number of nitrogens with one attached hydrogen (secondary N) is 2. The monoisotopic (exact) mass is 607 g/mol. The van der Waals surface area contributed by atoms with E-state index in [0.717, 1.165) is 0 Å². The molecule has 0 aromatic carbocycles. The van der Waals surface area contributed by atoms with Crippen molar-refractivity contribution in [1.29, 1.82) is 0 Å². The van der Waals surface area contributed by atoms with Gasteiger partial charge in [0.05, 0.1) is 32.8 Å². The molecule has 222 valence electrons. The largest absolute Gasteiger partial charge is 0.476 e. The van der Waals surface area contributed by atoms with E-state index in [9.17, 15) is 13.5 Å². The van der Waals surface area contributed by atoms with Crippen molar-refractivity contribution in [3.05, 3.63) is 6.33 Å². The molecule has 0 radical (unpaired) electrons. The van der Waals surface area contributed by atoms with Crippen molar-refractivity contribution in [2.24, 2.45) is 5.92 Å². The SMILES string of the molecule is CCOc1nc(N)nc2c1ncn2[C@@H]1OC2COP(=O)(NCCNP3(=O)OC[C@H]4OC[C@](C)(F)[C@@H]4O3)O[C@H]2C1C. The Kier molecular flexibility index (Phi) is 7.43. The molecule has 0 aliphatic carbocycles. The summed E-state index contributed by atoms with van der Waals surface area (Å²) in [4.78, 5) is 12.8. The summed E-state index contributed by atoms with van der Waals surface area (Å²) < 4.78 is 81.8. The highest BCUT2D eigenvalue weighted by Gasteiger charge is 2.55. The van der Waals surface area contributed by atoms with Crippen LogP contribution in [0.4, 0.5) is 10.3 Å². The molecule has 0 spiro atoms. The van der Waals surface area contributed by atoms with E-state index in [1.54, 1.807) is 10.9 Å². The van der Waals surface area contributed by atoms with Crippen molar-refractivity contribution in [1.82, 2.24) is 29.7 Å². The minimum atomic E-state index is -3.79. The summed E-state index contributed by atoms with van der Waals surface area (Å²) in [5, 5.41) is 5.40. The van der Waals surface area contributed by atoms with Gasteiger partial charge in [-0.25, -0.2) is 28.7 Å². The molecule has 4 aliphatic rings. The first-order valence-electron chi connectivity index (χ1n) is 13.0. The molecule has 40 heavy (non-hydrogen) atoms. The van der Waals surface area contributed by atoms with Gasteiger partial charge in [0.25, 0.3) is 0 Å². The van der Waals surface area contributed by atoms with Crippen molar-refractivity contribution < 1.29 is 45.8 Å². The Morgan fingerprint density at radius 1 is 1.18 bits per heavy atom. The number of aromatic nitrogens is 4. The zero-order valence-corrected chi connectivity index (χ0v) is 23.9. The molecule has 4 aliphatic heterocycles. The molecule has 6 heterocycles. The number of ether oxygens (including phenoxy) is 3. The molecular formula is C21H32FN7O9P2. The van der Waals surface area contributed by atoms with E-state index < -0.39 is 51.8 Å². The number of rotatable bonds is 8. The number of imidazole rings is 1. The van der Waals surface area contributed by atoms with Crippen LogP contribution in [-0.4, -0.2) is 89.1 Å². The number of nitrogens with zero attached hydrogens (tertiary/aromatic N) is 4. The summed E-state index contributed by atoms with van der Waals surface area (Å²) in [6, 6.07) is 0. The molecule has 2 aromatic rings. The third-order valence-electron chi connectivity index (χ3n) is 7.19. The Bertz CT molecular complexity index is 1370. The highest BCUT2D eigenvalue weighted by atomic mass is 31.2. The average molecular weight is 607 g/mol. The standard InChI is InChI=1S/C21H32FN7O9P2/c1-4-32-18-14-17(27-20(23)28-18)29(10-24-14)19-11(2)15-12(36-19)7-34-39(30,37-15)25-5-6-26-40(31)35-8-13-16(38-40)21(3,22)9-33-13/h10-13,15-16,19H,4-9H2,1-3H3,(H,25,30)(H,26,31)(H2,23,27,28)/t11?,12?,13-,15+,16-,19-,21+,39?,40?/m1/s1. The lowest BCUT2D eigenvalue weighted by molar-refractivity contribution is -0.0583. The quantitative estimate of drug-likeness (QED) is 0.290. The number of anilines is 1. The first-order valence-corrected chi connectivity index (χ1v) is 16.0. The van der Waals surface area contributed by atoms with E-state index in [2.05, 4.69) is 25.1 Å². The number of hydrogen-bond acceptors (Lipinski definition) is 13. The Balaban J connectivity index is 1.06. The van der Waals surface area contributed by atoms with Gasteiger partial charge in [0, 0.05) is 19.0 Å². The van der Waals surface area contributed by atoms with Crippen molar-refractivity contribution >= 4 is 32.6 Å². The molecule has 4 fully saturated rings. The van der Waals surface area contributed by atoms with Crippen LogP contribution in [0.3, 0.4) is 0 Å². The fourth-order valence-corrected chi connectivity index (χ4v) is 8.45. The predicted molar refractivity (Wildman–Crippen MR) is 136 cm³/mol. The number of nitrogen functional groups attached to an aromatic ring is 1. The van der Waals surface area contributed by atoms with Gasteiger partial charge in [-0.2, -0.15) is 9.97 Å². The molecule has 4 N–H and O–H groups in total. The maximum absolute atomic E-state index is 14.6. The van der Waals surface area contributed by atoms with Crippen LogP contribution in [-0.2, 0) is 36.7 Å². The van der Waals surface area contributed by atoms with Gasteiger partial charge >= 0.3 is 15.5 Å². The van der Waals surface area contributed by atoms with Crippen molar-refractivity contribution in [2.75, 3.05) is 45.3 Å². The van der Waals surface area contributed by atoms with Gasteiger partial charge in [0.1, 0.15) is 30.6 Å². The highest BCUT2D eigenvalue weighted by Crippen LogP contribution is 2.55. The minimum absolute atomic E-state index is 0.0139. The first kappa shape index (κ1) is 28.3. The fraction of sp³-hybridized carbons (Fsp3) is 0.762. The summed E-state index contributed by atoms with van der Waals surface area (Å²) in [5.74, 6) is 0.0296.